The Balaban J connectivity index is 1.37. The first-order chi connectivity index (χ1) is 21.7. The van der Waals surface area contributed by atoms with Crippen molar-refractivity contribution in [3.05, 3.63) is 130 Å². The van der Waals surface area contributed by atoms with Gasteiger partial charge in [-0.1, -0.05) is 78.3 Å². The molecule has 10 heteroatoms. The van der Waals surface area contributed by atoms with E-state index in [0.29, 0.717) is 22.8 Å². The molecule has 1 aliphatic rings. The van der Waals surface area contributed by atoms with Crippen molar-refractivity contribution < 1.29 is 22.7 Å². The van der Waals surface area contributed by atoms with Crippen LogP contribution in [-0.2, 0) is 39.1 Å². The molecule has 0 spiro atoms. The van der Waals surface area contributed by atoms with Crippen LogP contribution in [-0.4, -0.2) is 38.3 Å². The van der Waals surface area contributed by atoms with Crippen LogP contribution in [0, 0.1) is 0 Å². The number of aryl methyl sites for hydroxylation is 1. The molecular formula is C35H36ClN3O5S. The number of halogens is 1. The van der Waals surface area contributed by atoms with Crippen LogP contribution in [0.4, 0.5) is 0 Å². The molecule has 1 fully saturated rings. The standard InChI is InChI=1S/C35H36ClN3O5S/c1-44-31-18-9-27(10-19-31)24-39(33(40)22-13-25-11-20-32(21-12-25)45(42,43)38-30-16-17-30)34(28-5-3-2-4-6-28)35(41)37-23-26-7-14-29(36)15-8-26/h2-12,14-15,18-21,30,34,38H,13,16-17,22-24H2,1H3,(H,37,41). The fourth-order valence-corrected chi connectivity index (χ4v) is 6.40. The summed E-state index contributed by atoms with van der Waals surface area (Å²) in [6.45, 7) is 0.468. The van der Waals surface area contributed by atoms with Crippen LogP contribution in [0.25, 0.3) is 0 Å². The van der Waals surface area contributed by atoms with E-state index in [4.69, 9.17) is 16.3 Å². The minimum absolute atomic E-state index is 0.0185. The Morgan fingerprint density at radius 2 is 1.49 bits per heavy atom. The summed E-state index contributed by atoms with van der Waals surface area (Å²) < 4.78 is 33.1. The second-order valence-corrected chi connectivity index (χ2v) is 13.2. The number of methoxy groups -OCH3 is 1. The molecule has 1 unspecified atom stereocenters. The number of hydrogen-bond acceptors (Lipinski definition) is 5. The summed E-state index contributed by atoms with van der Waals surface area (Å²) in [5, 5.41) is 3.62. The van der Waals surface area contributed by atoms with E-state index in [2.05, 4.69) is 10.0 Å². The highest BCUT2D eigenvalue weighted by Crippen LogP contribution is 2.27. The van der Waals surface area contributed by atoms with Crippen molar-refractivity contribution in [3.8, 4) is 5.75 Å². The lowest BCUT2D eigenvalue weighted by molar-refractivity contribution is -0.141. The first-order valence-electron chi connectivity index (χ1n) is 14.8. The average molecular weight is 646 g/mol. The van der Waals surface area contributed by atoms with Crippen LogP contribution in [0.2, 0.25) is 5.02 Å². The van der Waals surface area contributed by atoms with E-state index < -0.39 is 16.1 Å². The van der Waals surface area contributed by atoms with E-state index in [0.717, 1.165) is 29.5 Å². The molecule has 0 aliphatic heterocycles. The first kappa shape index (κ1) is 32.2. The molecule has 1 aliphatic carbocycles. The average Bonchev–Trinajstić information content (AvgIpc) is 3.87. The molecule has 0 heterocycles. The molecule has 2 amide bonds. The van der Waals surface area contributed by atoms with Gasteiger partial charge in [0, 0.05) is 30.6 Å². The van der Waals surface area contributed by atoms with Crippen LogP contribution >= 0.6 is 11.6 Å². The normalized spacial score (nSPS) is 13.6. The highest BCUT2D eigenvalue weighted by molar-refractivity contribution is 7.89. The number of benzene rings is 4. The third-order valence-electron chi connectivity index (χ3n) is 7.65. The maximum atomic E-state index is 14.0. The number of rotatable bonds is 14. The Bertz CT molecular complexity index is 1690. The molecule has 0 radical (unpaired) electrons. The third kappa shape index (κ3) is 8.94. The maximum absolute atomic E-state index is 14.0. The second kappa shape index (κ2) is 14.7. The predicted molar refractivity (Wildman–Crippen MR) is 174 cm³/mol. The molecule has 45 heavy (non-hydrogen) atoms. The molecule has 234 valence electrons. The summed E-state index contributed by atoms with van der Waals surface area (Å²) in [4.78, 5) is 29.7. The second-order valence-electron chi connectivity index (χ2n) is 11.1. The molecule has 0 saturated heterocycles. The molecule has 4 aromatic rings. The van der Waals surface area contributed by atoms with Gasteiger partial charge in [0.25, 0.3) is 0 Å². The highest BCUT2D eigenvalue weighted by Gasteiger charge is 2.32. The fourth-order valence-electron chi connectivity index (χ4n) is 4.97. The van der Waals surface area contributed by atoms with Crippen molar-refractivity contribution in [1.82, 2.24) is 14.9 Å². The largest absolute Gasteiger partial charge is 0.497 e. The van der Waals surface area contributed by atoms with E-state index in [9.17, 15) is 18.0 Å². The predicted octanol–water partition coefficient (Wildman–Crippen LogP) is 5.81. The van der Waals surface area contributed by atoms with Crippen LogP contribution in [0.15, 0.2) is 108 Å². The van der Waals surface area contributed by atoms with Crippen molar-refractivity contribution in [2.75, 3.05) is 7.11 Å². The van der Waals surface area contributed by atoms with Crippen LogP contribution < -0.4 is 14.8 Å². The van der Waals surface area contributed by atoms with Gasteiger partial charge in [-0.3, -0.25) is 9.59 Å². The number of nitrogens with one attached hydrogen (secondary N) is 2. The van der Waals surface area contributed by atoms with Gasteiger partial charge >= 0.3 is 0 Å². The number of nitrogens with zero attached hydrogens (tertiary/aromatic N) is 1. The van der Waals surface area contributed by atoms with Crippen molar-refractivity contribution in [3.63, 3.8) is 0 Å². The van der Waals surface area contributed by atoms with E-state index in [1.807, 2.05) is 66.7 Å². The van der Waals surface area contributed by atoms with Crippen molar-refractivity contribution in [2.45, 2.75) is 55.8 Å². The Morgan fingerprint density at radius 1 is 0.867 bits per heavy atom. The van der Waals surface area contributed by atoms with Gasteiger partial charge in [0.1, 0.15) is 11.8 Å². The Hall–Kier alpha value is -4.18. The Labute approximate surface area is 269 Å². The molecule has 1 atom stereocenters. The molecule has 4 aromatic carbocycles. The molecule has 2 N–H and O–H groups in total. The SMILES string of the molecule is COc1ccc(CN(C(=O)CCc2ccc(S(=O)(=O)NC3CC3)cc2)C(C(=O)NCc2ccc(Cl)cc2)c2ccccc2)cc1. The summed E-state index contributed by atoms with van der Waals surface area (Å²) in [6, 6.07) is 29.6. The van der Waals surface area contributed by atoms with Crippen LogP contribution in [0.3, 0.4) is 0 Å². The van der Waals surface area contributed by atoms with Gasteiger partial charge in [0.15, 0.2) is 0 Å². The van der Waals surface area contributed by atoms with Gasteiger partial charge < -0.3 is 15.0 Å². The van der Waals surface area contributed by atoms with Gasteiger partial charge in [-0.2, -0.15) is 0 Å². The van der Waals surface area contributed by atoms with Crippen LogP contribution in [0.1, 0.15) is 47.6 Å². The van der Waals surface area contributed by atoms with E-state index in [1.54, 1.807) is 48.4 Å². The zero-order chi connectivity index (χ0) is 31.8. The first-order valence-corrected chi connectivity index (χ1v) is 16.7. The Morgan fingerprint density at radius 3 is 2.11 bits per heavy atom. The molecule has 8 nitrogen and oxygen atoms in total. The summed E-state index contributed by atoms with van der Waals surface area (Å²) in [5.41, 5.74) is 3.23. The lowest BCUT2D eigenvalue weighted by atomic mass is 10.0. The van der Waals surface area contributed by atoms with E-state index >= 15 is 0 Å². The number of amides is 2. The minimum atomic E-state index is -3.56. The van der Waals surface area contributed by atoms with E-state index in [1.165, 1.54) is 0 Å². The van der Waals surface area contributed by atoms with Gasteiger partial charge in [-0.25, -0.2) is 13.1 Å². The van der Waals surface area contributed by atoms with Crippen molar-refractivity contribution in [2.24, 2.45) is 0 Å². The topological polar surface area (TPSA) is 105 Å². The van der Waals surface area contributed by atoms with Crippen LogP contribution in [0.5, 0.6) is 5.75 Å². The summed E-state index contributed by atoms with van der Waals surface area (Å²) in [5.74, 6) is 0.166. The fraction of sp³-hybridized carbons (Fsp3) is 0.257. The summed E-state index contributed by atoms with van der Waals surface area (Å²) >= 11 is 6.03. The Kier molecular flexibility index (Phi) is 10.5. The lowest BCUT2D eigenvalue weighted by Gasteiger charge is -2.32. The summed E-state index contributed by atoms with van der Waals surface area (Å²) in [7, 11) is -1.97. The third-order valence-corrected chi connectivity index (χ3v) is 9.44. The molecule has 1 saturated carbocycles. The molecule has 0 bridgehead atoms. The molecule has 0 aromatic heterocycles. The molecule has 5 rings (SSSR count). The highest BCUT2D eigenvalue weighted by atomic mass is 35.5. The van der Waals surface area contributed by atoms with Crippen molar-refractivity contribution in [1.29, 1.82) is 0 Å². The zero-order valence-electron chi connectivity index (χ0n) is 25.0. The summed E-state index contributed by atoms with van der Waals surface area (Å²) in [6.07, 6.45) is 2.21. The zero-order valence-corrected chi connectivity index (χ0v) is 26.6. The number of sulfonamides is 1. The monoisotopic (exact) mass is 645 g/mol. The lowest BCUT2D eigenvalue weighted by Crippen LogP contribution is -2.43. The van der Waals surface area contributed by atoms with Gasteiger partial charge in [-0.05, 0) is 77.9 Å². The number of hydrogen-bond donors (Lipinski definition) is 2. The minimum Gasteiger partial charge on any atom is -0.497 e. The van der Waals surface area contributed by atoms with Gasteiger partial charge in [0.2, 0.25) is 21.8 Å². The van der Waals surface area contributed by atoms with Gasteiger partial charge in [0.05, 0.1) is 12.0 Å². The van der Waals surface area contributed by atoms with Crippen molar-refractivity contribution >= 4 is 33.4 Å². The number of carbonyl (C=O) groups is 2. The van der Waals surface area contributed by atoms with Gasteiger partial charge in [-0.15, -0.1) is 0 Å². The quantitative estimate of drug-likeness (QED) is 0.180. The van der Waals surface area contributed by atoms with E-state index in [-0.39, 0.29) is 42.3 Å². The maximum Gasteiger partial charge on any atom is 0.247 e. The molecular weight excluding hydrogens is 610 g/mol. The smallest absolute Gasteiger partial charge is 0.247 e. The number of carbonyl (C=O) groups excluding carboxylic acids is 2. The number of ether oxygens (including phenoxy) is 1.